The molecular formula is C24H25NO3. The zero-order valence-electron chi connectivity index (χ0n) is 16.4. The Hall–Kier alpha value is -3.27. The summed E-state index contributed by atoms with van der Waals surface area (Å²) in [6.07, 6.45) is 0. The highest BCUT2D eigenvalue weighted by atomic mass is 16.5. The van der Waals surface area contributed by atoms with Crippen molar-refractivity contribution in [3.05, 3.63) is 83.9 Å². The van der Waals surface area contributed by atoms with Crippen molar-refractivity contribution < 1.29 is 14.3 Å². The summed E-state index contributed by atoms with van der Waals surface area (Å²) in [5.74, 6) is 1.26. The molecule has 0 saturated carbocycles. The summed E-state index contributed by atoms with van der Waals surface area (Å²) in [6.45, 7) is 3.90. The van der Waals surface area contributed by atoms with Crippen molar-refractivity contribution in [3.63, 3.8) is 0 Å². The van der Waals surface area contributed by atoms with Crippen LogP contribution in [0, 0.1) is 6.92 Å². The fourth-order valence-corrected chi connectivity index (χ4v) is 3.15. The molecule has 3 aromatic carbocycles. The van der Waals surface area contributed by atoms with Crippen LogP contribution in [0.3, 0.4) is 0 Å². The average molecular weight is 375 g/mol. The summed E-state index contributed by atoms with van der Waals surface area (Å²) in [5.41, 5.74) is 4.08. The van der Waals surface area contributed by atoms with E-state index in [-0.39, 0.29) is 18.6 Å². The lowest BCUT2D eigenvalue weighted by Crippen LogP contribution is -2.31. The van der Waals surface area contributed by atoms with Gasteiger partial charge < -0.3 is 14.8 Å². The fraction of sp³-hybridized carbons (Fsp3) is 0.208. The van der Waals surface area contributed by atoms with Crippen LogP contribution in [0.15, 0.2) is 72.8 Å². The third kappa shape index (κ3) is 4.71. The van der Waals surface area contributed by atoms with E-state index >= 15 is 0 Å². The Morgan fingerprint density at radius 1 is 0.964 bits per heavy atom. The van der Waals surface area contributed by atoms with Crippen molar-refractivity contribution in [1.29, 1.82) is 0 Å². The predicted octanol–water partition coefficient (Wildman–Crippen LogP) is 4.93. The molecule has 0 unspecified atom stereocenters. The van der Waals surface area contributed by atoms with Crippen molar-refractivity contribution in [3.8, 4) is 22.6 Å². The maximum absolute atomic E-state index is 12.5. The van der Waals surface area contributed by atoms with E-state index in [4.69, 9.17) is 9.47 Å². The molecule has 4 heteroatoms. The van der Waals surface area contributed by atoms with Gasteiger partial charge in [-0.1, -0.05) is 66.2 Å². The molecule has 144 valence electrons. The number of ether oxygens (including phenoxy) is 2. The van der Waals surface area contributed by atoms with Crippen LogP contribution in [0.5, 0.6) is 11.5 Å². The number of benzene rings is 3. The molecule has 1 amide bonds. The van der Waals surface area contributed by atoms with Crippen molar-refractivity contribution in [2.75, 3.05) is 13.7 Å². The van der Waals surface area contributed by atoms with Gasteiger partial charge in [0.05, 0.1) is 13.2 Å². The van der Waals surface area contributed by atoms with Gasteiger partial charge >= 0.3 is 0 Å². The molecule has 0 radical (unpaired) electrons. The maximum atomic E-state index is 12.5. The van der Waals surface area contributed by atoms with E-state index in [9.17, 15) is 4.79 Å². The van der Waals surface area contributed by atoms with Gasteiger partial charge in [0.2, 0.25) is 0 Å². The van der Waals surface area contributed by atoms with Gasteiger partial charge in [-0.25, -0.2) is 0 Å². The third-order valence-electron chi connectivity index (χ3n) is 4.56. The number of aryl methyl sites for hydroxylation is 1. The Kier molecular flexibility index (Phi) is 6.33. The molecule has 0 heterocycles. The van der Waals surface area contributed by atoms with Gasteiger partial charge in [-0.05, 0) is 31.5 Å². The van der Waals surface area contributed by atoms with Crippen molar-refractivity contribution in [1.82, 2.24) is 5.32 Å². The number of carbonyl (C=O) groups excluding carboxylic acids is 1. The number of rotatable bonds is 7. The monoisotopic (exact) mass is 375 g/mol. The largest absolute Gasteiger partial charge is 0.496 e. The summed E-state index contributed by atoms with van der Waals surface area (Å²) < 4.78 is 11.2. The van der Waals surface area contributed by atoms with Crippen LogP contribution in [0.4, 0.5) is 0 Å². The third-order valence-corrected chi connectivity index (χ3v) is 4.56. The van der Waals surface area contributed by atoms with E-state index in [1.165, 1.54) is 0 Å². The molecule has 0 aliphatic heterocycles. The highest BCUT2D eigenvalue weighted by Gasteiger charge is 2.15. The molecule has 1 N–H and O–H groups in total. The van der Waals surface area contributed by atoms with Crippen molar-refractivity contribution in [2.45, 2.75) is 19.9 Å². The van der Waals surface area contributed by atoms with Crippen LogP contribution in [0.2, 0.25) is 0 Å². The molecule has 0 fully saturated rings. The molecule has 0 aromatic heterocycles. The summed E-state index contributed by atoms with van der Waals surface area (Å²) in [6, 6.07) is 23.5. The number of nitrogens with one attached hydrogen (secondary N) is 1. The van der Waals surface area contributed by atoms with Gasteiger partial charge in [0.1, 0.15) is 11.5 Å². The molecule has 3 rings (SSSR count). The number of para-hydroxylation sites is 1. The number of carbonyl (C=O) groups is 1. The van der Waals surface area contributed by atoms with Crippen LogP contribution < -0.4 is 14.8 Å². The highest BCUT2D eigenvalue weighted by Crippen LogP contribution is 2.29. The van der Waals surface area contributed by atoms with Gasteiger partial charge in [-0.3, -0.25) is 4.79 Å². The summed E-state index contributed by atoms with van der Waals surface area (Å²) in [7, 11) is 1.63. The van der Waals surface area contributed by atoms with Crippen molar-refractivity contribution in [2.24, 2.45) is 0 Å². The lowest BCUT2D eigenvalue weighted by atomic mass is 10.0. The first-order valence-electron chi connectivity index (χ1n) is 9.29. The average Bonchev–Trinajstić information content (AvgIpc) is 2.73. The molecule has 0 aliphatic rings. The number of hydrogen-bond acceptors (Lipinski definition) is 3. The minimum atomic E-state index is -0.185. The topological polar surface area (TPSA) is 47.6 Å². The smallest absolute Gasteiger partial charge is 0.258 e. The Bertz CT molecular complexity index is 938. The van der Waals surface area contributed by atoms with E-state index in [1.54, 1.807) is 7.11 Å². The Morgan fingerprint density at radius 2 is 1.68 bits per heavy atom. The van der Waals surface area contributed by atoms with Gasteiger partial charge in [-0.2, -0.15) is 0 Å². The summed E-state index contributed by atoms with van der Waals surface area (Å²) in [5, 5.41) is 2.98. The first-order chi connectivity index (χ1) is 13.6. The Balaban J connectivity index is 1.66. The van der Waals surface area contributed by atoms with Crippen LogP contribution in [-0.2, 0) is 4.79 Å². The second-order valence-electron chi connectivity index (χ2n) is 6.69. The Labute approximate surface area is 166 Å². The molecule has 0 aliphatic carbocycles. The lowest BCUT2D eigenvalue weighted by Gasteiger charge is -2.18. The lowest BCUT2D eigenvalue weighted by molar-refractivity contribution is -0.123. The van der Waals surface area contributed by atoms with Crippen LogP contribution in [0.25, 0.3) is 11.1 Å². The second kappa shape index (κ2) is 9.09. The molecule has 3 aromatic rings. The van der Waals surface area contributed by atoms with E-state index in [0.717, 1.165) is 28.0 Å². The standard InChI is InChI=1S/C24H25NO3/c1-17-13-14-22(27-3)21(15-17)18(2)25-24(26)16-28-23-12-8-7-11-20(23)19-9-5-4-6-10-19/h4-15,18H,16H2,1-3H3,(H,25,26)/t18-/m0/s1. The fourth-order valence-electron chi connectivity index (χ4n) is 3.15. The molecular weight excluding hydrogens is 350 g/mol. The molecule has 0 spiro atoms. The number of hydrogen-bond donors (Lipinski definition) is 1. The Morgan fingerprint density at radius 3 is 2.43 bits per heavy atom. The highest BCUT2D eigenvalue weighted by molar-refractivity contribution is 5.79. The van der Waals surface area contributed by atoms with E-state index < -0.39 is 0 Å². The summed E-state index contributed by atoms with van der Waals surface area (Å²) >= 11 is 0. The van der Waals surface area contributed by atoms with Gasteiger partial charge in [0.15, 0.2) is 6.61 Å². The van der Waals surface area contributed by atoms with Crippen LogP contribution in [-0.4, -0.2) is 19.6 Å². The summed E-state index contributed by atoms with van der Waals surface area (Å²) in [4.78, 5) is 12.5. The van der Waals surface area contributed by atoms with E-state index in [0.29, 0.717) is 5.75 Å². The van der Waals surface area contributed by atoms with Gasteiger partial charge in [0.25, 0.3) is 5.91 Å². The molecule has 4 nitrogen and oxygen atoms in total. The first-order valence-corrected chi connectivity index (χ1v) is 9.29. The van der Waals surface area contributed by atoms with E-state index in [2.05, 4.69) is 5.32 Å². The molecule has 28 heavy (non-hydrogen) atoms. The van der Waals surface area contributed by atoms with Crippen LogP contribution >= 0.6 is 0 Å². The van der Waals surface area contributed by atoms with E-state index in [1.807, 2.05) is 86.6 Å². The van der Waals surface area contributed by atoms with Gasteiger partial charge in [-0.15, -0.1) is 0 Å². The minimum absolute atomic E-state index is 0.0533. The van der Waals surface area contributed by atoms with Crippen LogP contribution in [0.1, 0.15) is 24.1 Å². The second-order valence-corrected chi connectivity index (χ2v) is 6.69. The first kappa shape index (κ1) is 19.5. The molecule has 0 bridgehead atoms. The number of methoxy groups -OCH3 is 1. The minimum Gasteiger partial charge on any atom is -0.496 e. The zero-order valence-corrected chi connectivity index (χ0v) is 16.4. The predicted molar refractivity (Wildman–Crippen MR) is 112 cm³/mol. The molecule has 0 saturated heterocycles. The van der Waals surface area contributed by atoms with Gasteiger partial charge in [0, 0.05) is 11.1 Å². The normalized spacial score (nSPS) is 11.5. The molecule has 1 atom stereocenters. The quantitative estimate of drug-likeness (QED) is 0.637. The maximum Gasteiger partial charge on any atom is 0.258 e. The number of amides is 1. The van der Waals surface area contributed by atoms with Crippen molar-refractivity contribution >= 4 is 5.91 Å². The zero-order chi connectivity index (χ0) is 19.9. The SMILES string of the molecule is COc1ccc(C)cc1[C@H](C)NC(=O)COc1ccccc1-c1ccccc1.